The molecule has 0 saturated heterocycles. The summed E-state index contributed by atoms with van der Waals surface area (Å²) in [5.74, 6) is -0.799. The third-order valence-corrected chi connectivity index (χ3v) is 3.89. The van der Waals surface area contributed by atoms with Crippen molar-refractivity contribution in [3.63, 3.8) is 0 Å². The van der Waals surface area contributed by atoms with Crippen LogP contribution in [0.25, 0.3) is 10.9 Å². The minimum Gasteiger partial charge on any atom is -0.468 e. The third-order valence-electron chi connectivity index (χ3n) is 3.89. The first-order valence-electron chi connectivity index (χ1n) is 7.67. The first-order valence-corrected chi connectivity index (χ1v) is 7.67. The van der Waals surface area contributed by atoms with Gasteiger partial charge in [-0.15, -0.1) is 0 Å². The zero-order valence-electron chi connectivity index (χ0n) is 13.3. The Morgan fingerprint density at radius 2 is 1.75 bits per heavy atom. The lowest BCUT2D eigenvalue weighted by atomic mass is 10.0. The molecule has 1 heterocycles. The number of fused-ring (bicyclic) bond motifs is 1. The number of hydrogen-bond donors (Lipinski definition) is 2. The van der Waals surface area contributed by atoms with Crippen LogP contribution in [-0.2, 0) is 16.0 Å². The van der Waals surface area contributed by atoms with Crippen molar-refractivity contribution in [1.29, 1.82) is 0 Å². The number of rotatable bonds is 5. The number of amides is 1. The van der Waals surface area contributed by atoms with Gasteiger partial charge in [-0.25, -0.2) is 0 Å². The smallest absolute Gasteiger partial charge is 0.325 e. The van der Waals surface area contributed by atoms with E-state index in [1.54, 1.807) is 0 Å². The van der Waals surface area contributed by atoms with Crippen LogP contribution in [0.1, 0.15) is 21.6 Å². The van der Waals surface area contributed by atoms with Crippen LogP contribution in [-0.4, -0.2) is 30.5 Å². The van der Waals surface area contributed by atoms with E-state index in [0.29, 0.717) is 12.1 Å². The maximum atomic E-state index is 12.5. The van der Waals surface area contributed by atoms with Crippen molar-refractivity contribution in [2.45, 2.75) is 6.42 Å². The summed E-state index contributed by atoms with van der Waals surface area (Å²) in [6.07, 6.45) is 0.631. The van der Waals surface area contributed by atoms with E-state index in [9.17, 15) is 9.59 Å². The highest BCUT2D eigenvalue weighted by Gasteiger charge is 2.18. The van der Waals surface area contributed by atoms with Gasteiger partial charge in [-0.2, -0.15) is 0 Å². The Morgan fingerprint density at radius 1 is 1.04 bits per heavy atom. The molecule has 2 N–H and O–H groups in total. The molecule has 0 aliphatic heterocycles. The minimum absolute atomic E-state index is 0.157. The summed E-state index contributed by atoms with van der Waals surface area (Å²) < 4.78 is 4.56. The number of aromatic amines is 1. The van der Waals surface area contributed by atoms with Gasteiger partial charge in [-0.3, -0.25) is 9.59 Å². The van der Waals surface area contributed by atoms with Crippen molar-refractivity contribution in [1.82, 2.24) is 10.3 Å². The largest absolute Gasteiger partial charge is 0.468 e. The molecule has 3 aromatic rings. The summed E-state index contributed by atoms with van der Waals surface area (Å²) in [6, 6.07) is 17.7. The Kier molecular flexibility index (Phi) is 4.61. The lowest BCUT2D eigenvalue weighted by molar-refractivity contribution is -0.139. The number of hydrogen-bond acceptors (Lipinski definition) is 3. The number of nitrogens with one attached hydrogen (secondary N) is 2. The summed E-state index contributed by atoms with van der Waals surface area (Å²) >= 11 is 0. The summed E-state index contributed by atoms with van der Waals surface area (Å²) in [5, 5.41) is 3.60. The molecule has 0 fully saturated rings. The van der Waals surface area contributed by atoms with Crippen LogP contribution in [0.4, 0.5) is 0 Å². The normalized spacial score (nSPS) is 10.5. The monoisotopic (exact) mass is 322 g/mol. The lowest BCUT2D eigenvalue weighted by Crippen LogP contribution is -2.31. The molecule has 0 bridgehead atoms. The van der Waals surface area contributed by atoms with Crippen molar-refractivity contribution in [3.05, 3.63) is 71.4 Å². The van der Waals surface area contributed by atoms with Crippen LogP contribution < -0.4 is 5.32 Å². The number of carbonyl (C=O) groups excluding carboxylic acids is 2. The molecular weight excluding hydrogens is 304 g/mol. The van der Waals surface area contributed by atoms with Gasteiger partial charge in [0.05, 0.1) is 7.11 Å². The standard InChI is InChI=1S/C19H18N2O3/c1-24-17(22)12-20-19(23)18-15(11-13-7-3-2-4-8-13)14-9-5-6-10-16(14)21-18/h2-10,21H,11-12H2,1H3,(H,20,23). The number of para-hydroxylation sites is 1. The minimum atomic E-state index is -0.482. The molecule has 1 amide bonds. The highest BCUT2D eigenvalue weighted by Crippen LogP contribution is 2.25. The van der Waals surface area contributed by atoms with Gasteiger partial charge in [0.2, 0.25) is 0 Å². The number of ether oxygens (including phenoxy) is 1. The van der Waals surface area contributed by atoms with Crippen molar-refractivity contribution in [2.24, 2.45) is 0 Å². The molecule has 5 nitrogen and oxygen atoms in total. The number of carbonyl (C=O) groups is 2. The summed E-state index contributed by atoms with van der Waals surface area (Å²) in [6.45, 7) is -0.157. The summed E-state index contributed by atoms with van der Waals surface area (Å²) in [7, 11) is 1.29. The quantitative estimate of drug-likeness (QED) is 0.710. The maximum Gasteiger partial charge on any atom is 0.325 e. The van der Waals surface area contributed by atoms with E-state index in [4.69, 9.17) is 0 Å². The van der Waals surface area contributed by atoms with Gasteiger partial charge < -0.3 is 15.0 Å². The van der Waals surface area contributed by atoms with Gasteiger partial charge in [0.15, 0.2) is 0 Å². The zero-order valence-corrected chi connectivity index (χ0v) is 13.3. The van der Waals surface area contributed by atoms with Crippen molar-refractivity contribution in [2.75, 3.05) is 13.7 Å². The molecule has 0 aliphatic rings. The molecule has 3 rings (SSSR count). The molecule has 0 spiro atoms. The van der Waals surface area contributed by atoms with E-state index in [-0.39, 0.29) is 12.5 Å². The van der Waals surface area contributed by atoms with Gasteiger partial charge in [-0.1, -0.05) is 48.5 Å². The molecule has 0 unspecified atom stereocenters. The fourth-order valence-electron chi connectivity index (χ4n) is 2.69. The second-order valence-corrected chi connectivity index (χ2v) is 5.45. The number of esters is 1. The highest BCUT2D eigenvalue weighted by molar-refractivity contribution is 6.02. The van der Waals surface area contributed by atoms with E-state index in [1.165, 1.54) is 7.11 Å². The van der Waals surface area contributed by atoms with Crippen LogP contribution in [0.3, 0.4) is 0 Å². The number of methoxy groups -OCH3 is 1. The van der Waals surface area contributed by atoms with Crippen LogP contribution in [0, 0.1) is 0 Å². The fraction of sp³-hybridized carbons (Fsp3) is 0.158. The van der Waals surface area contributed by atoms with Crippen LogP contribution >= 0.6 is 0 Å². The number of H-pyrrole nitrogens is 1. The maximum absolute atomic E-state index is 12.5. The molecule has 24 heavy (non-hydrogen) atoms. The average Bonchev–Trinajstić information content (AvgIpc) is 2.99. The van der Waals surface area contributed by atoms with E-state index in [2.05, 4.69) is 15.0 Å². The Labute approximate surface area is 139 Å². The van der Waals surface area contributed by atoms with Crippen LogP contribution in [0.2, 0.25) is 0 Å². The highest BCUT2D eigenvalue weighted by atomic mass is 16.5. The topological polar surface area (TPSA) is 71.2 Å². The summed E-state index contributed by atoms with van der Waals surface area (Å²) in [4.78, 5) is 26.9. The van der Waals surface area contributed by atoms with Crippen molar-refractivity contribution in [3.8, 4) is 0 Å². The molecule has 122 valence electrons. The molecule has 0 aliphatic carbocycles. The lowest BCUT2D eigenvalue weighted by Gasteiger charge is -2.06. The Bertz CT molecular complexity index is 869. The Balaban J connectivity index is 1.95. The first kappa shape index (κ1) is 15.8. The molecule has 1 aromatic heterocycles. The number of aromatic nitrogens is 1. The predicted molar refractivity (Wildman–Crippen MR) is 91.9 cm³/mol. The molecule has 0 atom stereocenters. The zero-order chi connectivity index (χ0) is 16.9. The third kappa shape index (κ3) is 3.30. The SMILES string of the molecule is COC(=O)CNC(=O)c1[nH]c2ccccc2c1Cc1ccccc1. The van der Waals surface area contributed by atoms with Gasteiger partial charge in [0.1, 0.15) is 12.2 Å². The first-order chi connectivity index (χ1) is 11.7. The van der Waals surface area contributed by atoms with Crippen molar-refractivity contribution < 1.29 is 14.3 Å². The van der Waals surface area contributed by atoms with Gasteiger partial charge in [0, 0.05) is 17.3 Å². The molecule has 0 saturated carbocycles. The fourth-order valence-corrected chi connectivity index (χ4v) is 2.69. The Hall–Kier alpha value is -3.08. The van der Waals surface area contributed by atoms with Crippen LogP contribution in [0.5, 0.6) is 0 Å². The number of benzene rings is 2. The molecule has 0 radical (unpaired) electrons. The van der Waals surface area contributed by atoms with Gasteiger partial charge in [0.25, 0.3) is 5.91 Å². The predicted octanol–water partition coefficient (Wildman–Crippen LogP) is 2.66. The van der Waals surface area contributed by atoms with E-state index >= 15 is 0 Å². The van der Waals surface area contributed by atoms with E-state index < -0.39 is 5.97 Å². The van der Waals surface area contributed by atoms with Crippen LogP contribution in [0.15, 0.2) is 54.6 Å². The molecular formula is C19H18N2O3. The van der Waals surface area contributed by atoms with E-state index in [1.807, 2.05) is 54.6 Å². The van der Waals surface area contributed by atoms with Crippen molar-refractivity contribution >= 4 is 22.8 Å². The molecule has 2 aromatic carbocycles. The molecule has 5 heteroatoms. The Morgan fingerprint density at radius 3 is 2.50 bits per heavy atom. The van der Waals surface area contributed by atoms with Gasteiger partial charge >= 0.3 is 5.97 Å². The second-order valence-electron chi connectivity index (χ2n) is 5.45. The second kappa shape index (κ2) is 7.00. The summed E-state index contributed by atoms with van der Waals surface area (Å²) in [5.41, 5.74) is 3.40. The van der Waals surface area contributed by atoms with Gasteiger partial charge in [-0.05, 0) is 17.2 Å². The average molecular weight is 322 g/mol. The van der Waals surface area contributed by atoms with E-state index in [0.717, 1.165) is 22.0 Å².